The molecule has 0 bridgehead atoms. The Morgan fingerprint density at radius 1 is 0.733 bits per heavy atom. The molecule has 0 saturated heterocycles. The van der Waals surface area contributed by atoms with Gasteiger partial charge in [0.05, 0.1) is 6.61 Å². The second kappa shape index (κ2) is 13.9. The van der Waals surface area contributed by atoms with Gasteiger partial charge in [-0.05, 0) is 6.42 Å². The number of hydrogen-bond acceptors (Lipinski definition) is 1. The zero-order valence-electron chi connectivity index (χ0n) is 10.4. The van der Waals surface area contributed by atoms with E-state index in [0.717, 1.165) is 6.61 Å². The summed E-state index contributed by atoms with van der Waals surface area (Å²) in [5.74, 6) is 0. The lowest BCUT2D eigenvalue weighted by atomic mass is 10.1. The zero-order chi connectivity index (χ0) is 11.2. The number of ether oxygens (including phenoxy) is 1. The summed E-state index contributed by atoms with van der Waals surface area (Å²) in [6, 6.07) is 0. The summed E-state index contributed by atoms with van der Waals surface area (Å²) in [6.45, 7) is 4.13. The average Bonchev–Trinajstić information content (AvgIpc) is 2.26. The van der Waals surface area contributed by atoms with E-state index >= 15 is 0 Å². The Morgan fingerprint density at radius 2 is 1.27 bits per heavy atom. The fourth-order valence-electron chi connectivity index (χ4n) is 1.69. The minimum absolute atomic E-state index is 0.400. The van der Waals surface area contributed by atoms with Gasteiger partial charge in [-0.15, -0.1) is 0 Å². The van der Waals surface area contributed by atoms with Gasteiger partial charge < -0.3 is 4.74 Å². The molecule has 2 heteroatoms. The molecule has 0 fully saturated rings. The van der Waals surface area contributed by atoms with E-state index in [1.54, 1.807) is 0 Å². The third-order valence-corrected chi connectivity index (χ3v) is 2.64. The summed E-state index contributed by atoms with van der Waals surface area (Å²) in [5, 5.41) is 0. The molecular weight excluding hydrogens is 186 g/mol. The molecule has 0 saturated carbocycles. The van der Waals surface area contributed by atoms with E-state index in [9.17, 15) is 0 Å². The summed E-state index contributed by atoms with van der Waals surface area (Å²) < 4.78 is 5.25. The monoisotopic (exact) mass is 214 g/mol. The summed E-state index contributed by atoms with van der Waals surface area (Å²) in [5.41, 5.74) is 6.90. The largest absolute Gasteiger partial charge is 0.380 e. The molecule has 0 rings (SSSR count). The standard InChI is InChI=1S/C13H28NO/c1-2-3-4-5-6-7-8-9-10-12-15-13-11-14/h14H,2-13H2,1H3. The molecule has 0 aliphatic rings. The molecule has 0 unspecified atom stereocenters. The molecule has 0 spiro atoms. The van der Waals surface area contributed by atoms with Crippen LogP contribution in [0.5, 0.6) is 0 Å². The van der Waals surface area contributed by atoms with Gasteiger partial charge in [0.1, 0.15) is 0 Å². The number of rotatable bonds is 12. The van der Waals surface area contributed by atoms with Crippen molar-refractivity contribution in [3.8, 4) is 0 Å². The van der Waals surface area contributed by atoms with Gasteiger partial charge in [0.25, 0.3) is 0 Å². The van der Waals surface area contributed by atoms with E-state index in [2.05, 4.69) is 6.92 Å². The highest BCUT2D eigenvalue weighted by Crippen LogP contribution is 2.09. The zero-order valence-corrected chi connectivity index (χ0v) is 10.4. The minimum atomic E-state index is 0.400. The van der Waals surface area contributed by atoms with E-state index in [0.29, 0.717) is 13.2 Å². The normalized spacial score (nSPS) is 10.8. The molecule has 0 atom stereocenters. The third kappa shape index (κ3) is 13.9. The summed E-state index contributed by atoms with van der Waals surface area (Å²) in [4.78, 5) is 0. The van der Waals surface area contributed by atoms with Crippen LogP contribution in [0, 0.1) is 0 Å². The van der Waals surface area contributed by atoms with E-state index in [1.807, 2.05) is 0 Å². The van der Waals surface area contributed by atoms with Crippen LogP contribution in [0.3, 0.4) is 0 Å². The first-order valence-corrected chi connectivity index (χ1v) is 6.64. The van der Waals surface area contributed by atoms with Gasteiger partial charge in [0, 0.05) is 13.2 Å². The summed E-state index contributed by atoms with van der Waals surface area (Å²) in [6.07, 6.45) is 12.2. The van der Waals surface area contributed by atoms with Crippen molar-refractivity contribution in [1.29, 1.82) is 0 Å². The SMILES string of the molecule is CCCCCCCCCCCOCC[NH]. The minimum Gasteiger partial charge on any atom is -0.380 e. The highest BCUT2D eigenvalue weighted by atomic mass is 16.5. The molecular formula is C13H28NO. The first-order valence-electron chi connectivity index (χ1n) is 6.64. The smallest absolute Gasteiger partial charge is 0.0604 e. The lowest BCUT2D eigenvalue weighted by Crippen LogP contribution is -2.01. The Morgan fingerprint density at radius 3 is 1.80 bits per heavy atom. The Bertz CT molecular complexity index is 94.7. The Balaban J connectivity index is 2.81. The second-order valence-corrected chi connectivity index (χ2v) is 4.19. The van der Waals surface area contributed by atoms with Gasteiger partial charge in [-0.3, -0.25) is 5.73 Å². The quantitative estimate of drug-likeness (QED) is 0.455. The molecule has 0 aliphatic carbocycles. The van der Waals surface area contributed by atoms with Crippen molar-refractivity contribution in [2.24, 2.45) is 0 Å². The van der Waals surface area contributed by atoms with Crippen LogP contribution in [-0.2, 0) is 4.74 Å². The van der Waals surface area contributed by atoms with Crippen molar-refractivity contribution < 1.29 is 4.74 Å². The van der Waals surface area contributed by atoms with Crippen molar-refractivity contribution in [3.63, 3.8) is 0 Å². The van der Waals surface area contributed by atoms with Gasteiger partial charge >= 0.3 is 0 Å². The van der Waals surface area contributed by atoms with Crippen molar-refractivity contribution in [1.82, 2.24) is 5.73 Å². The topological polar surface area (TPSA) is 33.0 Å². The van der Waals surface area contributed by atoms with Gasteiger partial charge in [0.15, 0.2) is 0 Å². The fourth-order valence-corrected chi connectivity index (χ4v) is 1.69. The highest BCUT2D eigenvalue weighted by Gasteiger charge is 1.92. The van der Waals surface area contributed by atoms with Gasteiger partial charge in [-0.1, -0.05) is 58.3 Å². The third-order valence-electron chi connectivity index (χ3n) is 2.64. The molecule has 0 aromatic heterocycles. The van der Waals surface area contributed by atoms with Crippen LogP contribution in [0.4, 0.5) is 0 Å². The summed E-state index contributed by atoms with van der Waals surface area (Å²) in [7, 11) is 0. The Hall–Kier alpha value is -0.0800. The maximum atomic E-state index is 6.90. The number of unbranched alkanes of at least 4 members (excludes halogenated alkanes) is 8. The Kier molecular flexibility index (Phi) is 13.8. The van der Waals surface area contributed by atoms with Crippen LogP contribution < -0.4 is 5.73 Å². The lowest BCUT2D eigenvalue weighted by Gasteiger charge is -2.02. The van der Waals surface area contributed by atoms with Crippen LogP contribution in [-0.4, -0.2) is 19.8 Å². The molecule has 0 heterocycles. The number of nitrogens with one attached hydrogen (secondary N) is 1. The van der Waals surface area contributed by atoms with Crippen molar-refractivity contribution in [2.75, 3.05) is 19.8 Å². The van der Waals surface area contributed by atoms with Crippen LogP contribution in [0.1, 0.15) is 64.7 Å². The number of hydrogen-bond donors (Lipinski definition) is 0. The first-order chi connectivity index (χ1) is 7.41. The molecule has 0 aromatic carbocycles. The Labute approximate surface area is 95.6 Å². The van der Waals surface area contributed by atoms with Crippen molar-refractivity contribution >= 4 is 0 Å². The maximum Gasteiger partial charge on any atom is 0.0604 e. The van der Waals surface area contributed by atoms with Crippen molar-refractivity contribution in [2.45, 2.75) is 64.7 Å². The molecule has 1 N–H and O–H groups in total. The van der Waals surface area contributed by atoms with E-state index in [1.165, 1.54) is 57.8 Å². The lowest BCUT2D eigenvalue weighted by molar-refractivity contribution is 0.136. The van der Waals surface area contributed by atoms with E-state index < -0.39 is 0 Å². The van der Waals surface area contributed by atoms with Gasteiger partial charge in [-0.2, -0.15) is 0 Å². The second-order valence-electron chi connectivity index (χ2n) is 4.19. The average molecular weight is 214 g/mol. The summed E-state index contributed by atoms with van der Waals surface area (Å²) >= 11 is 0. The van der Waals surface area contributed by atoms with Gasteiger partial charge in [-0.25, -0.2) is 0 Å². The predicted octanol–water partition coefficient (Wildman–Crippen LogP) is 3.82. The van der Waals surface area contributed by atoms with E-state index in [-0.39, 0.29) is 0 Å². The molecule has 1 radical (unpaired) electrons. The highest BCUT2D eigenvalue weighted by molar-refractivity contribution is 4.46. The van der Waals surface area contributed by atoms with Crippen LogP contribution >= 0.6 is 0 Å². The molecule has 0 aliphatic heterocycles. The molecule has 15 heavy (non-hydrogen) atoms. The van der Waals surface area contributed by atoms with Gasteiger partial charge in [0.2, 0.25) is 0 Å². The maximum absolute atomic E-state index is 6.90. The first kappa shape index (κ1) is 14.9. The van der Waals surface area contributed by atoms with Crippen LogP contribution in [0.25, 0.3) is 0 Å². The molecule has 91 valence electrons. The fraction of sp³-hybridized carbons (Fsp3) is 1.00. The predicted molar refractivity (Wildman–Crippen MR) is 66.0 cm³/mol. The van der Waals surface area contributed by atoms with E-state index in [4.69, 9.17) is 10.5 Å². The molecule has 0 aromatic rings. The van der Waals surface area contributed by atoms with Crippen LogP contribution in [0.2, 0.25) is 0 Å². The molecule has 0 amide bonds. The van der Waals surface area contributed by atoms with Crippen molar-refractivity contribution in [3.05, 3.63) is 0 Å². The molecule has 2 nitrogen and oxygen atoms in total. The van der Waals surface area contributed by atoms with Crippen LogP contribution in [0.15, 0.2) is 0 Å².